The van der Waals surface area contributed by atoms with E-state index in [4.69, 9.17) is 4.74 Å². The molecule has 130 valence electrons. The highest BCUT2D eigenvalue weighted by Crippen LogP contribution is 2.31. The number of carbonyl (C=O) groups is 2. The molecule has 24 heavy (non-hydrogen) atoms. The van der Waals surface area contributed by atoms with Crippen LogP contribution in [0, 0.1) is 13.8 Å². The van der Waals surface area contributed by atoms with Crippen LogP contribution >= 0.6 is 0 Å². The second kappa shape index (κ2) is 5.92. The average molecular weight is 334 g/mol. The summed E-state index contributed by atoms with van der Waals surface area (Å²) in [7, 11) is 0. The summed E-state index contributed by atoms with van der Waals surface area (Å²) in [6.45, 7) is 7.08. The molecule has 1 aromatic rings. The highest BCUT2D eigenvalue weighted by molar-refractivity contribution is 5.80. The molecule has 0 aliphatic carbocycles. The number of hydrogen-bond donors (Lipinski definition) is 1. The van der Waals surface area contributed by atoms with Crippen LogP contribution in [0.5, 0.6) is 0 Å². The number of cyclic esters (lactones) is 1. The molecule has 2 amide bonds. The van der Waals surface area contributed by atoms with Crippen LogP contribution in [0.25, 0.3) is 0 Å². The van der Waals surface area contributed by atoms with Crippen LogP contribution in [0.4, 0.5) is 4.79 Å². The van der Waals surface area contributed by atoms with Crippen molar-refractivity contribution in [1.29, 1.82) is 0 Å². The fourth-order valence-electron chi connectivity index (χ4n) is 3.50. The molecule has 0 bridgehead atoms. The lowest BCUT2D eigenvalue weighted by molar-refractivity contribution is -0.134. The van der Waals surface area contributed by atoms with Gasteiger partial charge in [0.2, 0.25) is 5.91 Å². The Balaban J connectivity index is 1.77. The summed E-state index contributed by atoms with van der Waals surface area (Å²) in [6.07, 6.45) is 0.427. The number of aryl methyl sites for hydroxylation is 2. The van der Waals surface area contributed by atoms with Gasteiger partial charge in [-0.25, -0.2) is 9.78 Å². The van der Waals surface area contributed by atoms with Gasteiger partial charge in [-0.15, -0.1) is 0 Å². The first-order valence-corrected chi connectivity index (χ1v) is 8.15. The Hall–Kier alpha value is -2.38. The minimum absolute atomic E-state index is 0.0169. The number of piperazine rings is 1. The van der Waals surface area contributed by atoms with Crippen molar-refractivity contribution < 1.29 is 14.3 Å². The van der Waals surface area contributed by atoms with Crippen molar-refractivity contribution in [3.8, 4) is 0 Å². The molecule has 3 rings (SSSR count). The number of fused-ring (bicyclic) bond motifs is 1. The summed E-state index contributed by atoms with van der Waals surface area (Å²) < 4.78 is 5.18. The zero-order chi connectivity index (χ0) is 17.5. The van der Waals surface area contributed by atoms with E-state index in [0.29, 0.717) is 49.7 Å². The van der Waals surface area contributed by atoms with E-state index in [0.717, 1.165) is 0 Å². The predicted molar refractivity (Wildman–Crippen MR) is 85.7 cm³/mol. The Bertz CT molecular complexity index is 744. The maximum atomic E-state index is 12.7. The number of rotatable bonds is 3. The summed E-state index contributed by atoms with van der Waals surface area (Å²) in [4.78, 5) is 46.9. The molecule has 2 aliphatic heterocycles. The van der Waals surface area contributed by atoms with Crippen molar-refractivity contribution in [2.24, 2.45) is 0 Å². The minimum atomic E-state index is -0.446. The van der Waals surface area contributed by atoms with Crippen molar-refractivity contribution >= 4 is 12.0 Å². The second-order valence-electron chi connectivity index (χ2n) is 6.49. The zero-order valence-electron chi connectivity index (χ0n) is 14.2. The van der Waals surface area contributed by atoms with E-state index in [1.165, 1.54) is 0 Å². The standard InChI is InChI=1S/C16H22N4O4/c1-4-16-8-19(5-6-20(16)15(23)24-9-16)13(21)7-12-10(2)17-11(3)18-14(12)22/h4-9H2,1-3H3,(H,17,18,22). The van der Waals surface area contributed by atoms with Gasteiger partial charge in [-0.3, -0.25) is 14.5 Å². The van der Waals surface area contributed by atoms with Gasteiger partial charge in [0, 0.05) is 30.9 Å². The highest BCUT2D eigenvalue weighted by atomic mass is 16.6. The number of carbonyl (C=O) groups excluding carboxylic acids is 2. The number of ether oxygens (including phenoxy) is 1. The van der Waals surface area contributed by atoms with Gasteiger partial charge in [-0.05, 0) is 20.3 Å². The zero-order valence-corrected chi connectivity index (χ0v) is 14.2. The topological polar surface area (TPSA) is 95.6 Å². The van der Waals surface area contributed by atoms with Crippen molar-refractivity contribution in [2.75, 3.05) is 26.2 Å². The number of aromatic nitrogens is 2. The van der Waals surface area contributed by atoms with Gasteiger partial charge in [-0.1, -0.05) is 6.92 Å². The van der Waals surface area contributed by atoms with E-state index >= 15 is 0 Å². The molecule has 1 unspecified atom stereocenters. The Morgan fingerprint density at radius 2 is 2.08 bits per heavy atom. The third kappa shape index (κ3) is 2.65. The molecule has 1 atom stereocenters. The quantitative estimate of drug-likeness (QED) is 0.862. The maximum Gasteiger partial charge on any atom is 0.410 e. The fourth-order valence-corrected chi connectivity index (χ4v) is 3.50. The highest BCUT2D eigenvalue weighted by Gasteiger charge is 2.50. The third-order valence-corrected chi connectivity index (χ3v) is 5.02. The number of hydrogen-bond acceptors (Lipinski definition) is 5. The predicted octanol–water partition coefficient (Wildman–Crippen LogP) is 0.372. The molecule has 0 aromatic carbocycles. The van der Waals surface area contributed by atoms with Gasteiger partial charge in [0.05, 0.1) is 12.0 Å². The molecule has 2 aliphatic rings. The average Bonchev–Trinajstić information content (AvgIpc) is 2.88. The number of nitrogens with zero attached hydrogens (tertiary/aromatic N) is 3. The normalized spacial score (nSPS) is 23.2. The largest absolute Gasteiger partial charge is 0.447 e. The number of nitrogens with one attached hydrogen (secondary N) is 1. The number of amides is 2. The number of aromatic amines is 1. The van der Waals surface area contributed by atoms with Crippen molar-refractivity contribution in [3.63, 3.8) is 0 Å². The molecule has 8 heteroatoms. The molecule has 1 N–H and O–H groups in total. The van der Waals surface area contributed by atoms with Crippen molar-refractivity contribution in [1.82, 2.24) is 19.8 Å². The van der Waals surface area contributed by atoms with Gasteiger partial charge in [0.15, 0.2) is 0 Å². The minimum Gasteiger partial charge on any atom is -0.447 e. The summed E-state index contributed by atoms with van der Waals surface area (Å²) in [5.41, 5.74) is 0.263. The van der Waals surface area contributed by atoms with Gasteiger partial charge in [0.1, 0.15) is 12.4 Å². The van der Waals surface area contributed by atoms with Gasteiger partial charge < -0.3 is 14.6 Å². The Morgan fingerprint density at radius 3 is 2.75 bits per heavy atom. The SMILES string of the molecule is CCC12COC(=O)N1CCN(C(=O)Cc1c(C)nc(C)[nH]c1=O)C2. The van der Waals surface area contributed by atoms with Crippen molar-refractivity contribution in [2.45, 2.75) is 39.2 Å². The molecule has 0 saturated carbocycles. The molecule has 2 fully saturated rings. The lowest BCUT2D eigenvalue weighted by Crippen LogP contribution is -2.62. The Kier molecular flexibility index (Phi) is 4.06. The summed E-state index contributed by atoms with van der Waals surface area (Å²) in [5, 5.41) is 0. The van der Waals surface area contributed by atoms with E-state index < -0.39 is 5.54 Å². The van der Waals surface area contributed by atoms with Gasteiger partial charge in [0.25, 0.3) is 5.56 Å². The molecule has 0 radical (unpaired) electrons. The first kappa shape index (κ1) is 16.5. The molecule has 0 spiro atoms. The third-order valence-electron chi connectivity index (χ3n) is 5.02. The molecule has 8 nitrogen and oxygen atoms in total. The van der Waals surface area contributed by atoms with Crippen LogP contribution < -0.4 is 5.56 Å². The van der Waals surface area contributed by atoms with Crippen LogP contribution in [-0.2, 0) is 16.0 Å². The van der Waals surface area contributed by atoms with Crippen molar-refractivity contribution in [3.05, 3.63) is 27.4 Å². The molecule has 1 aromatic heterocycles. The molecule has 2 saturated heterocycles. The fraction of sp³-hybridized carbons (Fsp3) is 0.625. The van der Waals surface area contributed by atoms with Crippen LogP contribution in [-0.4, -0.2) is 63.5 Å². The molecular formula is C16H22N4O4. The Labute approximate surface area is 139 Å². The van der Waals surface area contributed by atoms with Gasteiger partial charge >= 0.3 is 6.09 Å². The van der Waals surface area contributed by atoms with Gasteiger partial charge in [-0.2, -0.15) is 0 Å². The van der Waals surface area contributed by atoms with Crippen LogP contribution in [0.1, 0.15) is 30.4 Å². The maximum absolute atomic E-state index is 12.7. The summed E-state index contributed by atoms with van der Waals surface area (Å²) >= 11 is 0. The van der Waals surface area contributed by atoms with Crippen LogP contribution in [0.2, 0.25) is 0 Å². The van der Waals surface area contributed by atoms with E-state index in [-0.39, 0.29) is 24.0 Å². The monoisotopic (exact) mass is 334 g/mol. The van der Waals surface area contributed by atoms with E-state index in [9.17, 15) is 14.4 Å². The van der Waals surface area contributed by atoms with E-state index in [1.807, 2.05) is 6.92 Å². The lowest BCUT2D eigenvalue weighted by Gasteiger charge is -2.44. The first-order valence-electron chi connectivity index (χ1n) is 8.15. The summed E-state index contributed by atoms with van der Waals surface area (Å²) in [5.74, 6) is 0.412. The van der Waals surface area contributed by atoms with Crippen LogP contribution in [0.15, 0.2) is 4.79 Å². The number of H-pyrrole nitrogens is 1. The molecular weight excluding hydrogens is 312 g/mol. The van der Waals surface area contributed by atoms with E-state index in [2.05, 4.69) is 9.97 Å². The Morgan fingerprint density at radius 1 is 1.33 bits per heavy atom. The summed E-state index contributed by atoms with van der Waals surface area (Å²) in [6, 6.07) is 0. The molecule has 3 heterocycles. The smallest absolute Gasteiger partial charge is 0.410 e. The van der Waals surface area contributed by atoms with E-state index in [1.54, 1.807) is 23.6 Å². The van der Waals surface area contributed by atoms with Crippen LogP contribution in [0.3, 0.4) is 0 Å². The first-order chi connectivity index (χ1) is 11.4. The lowest BCUT2D eigenvalue weighted by atomic mass is 9.92. The second-order valence-corrected chi connectivity index (χ2v) is 6.49.